The molecular formula is C20H29N3O3S. The van der Waals surface area contributed by atoms with Crippen molar-refractivity contribution in [3.63, 3.8) is 0 Å². The lowest BCUT2D eigenvalue weighted by Gasteiger charge is -2.46. The van der Waals surface area contributed by atoms with Crippen molar-refractivity contribution >= 4 is 11.3 Å². The molecule has 2 saturated heterocycles. The maximum Gasteiger partial charge on any atom is 0.227 e. The molecule has 27 heavy (non-hydrogen) atoms. The molecule has 0 radical (unpaired) electrons. The molecule has 6 nitrogen and oxygen atoms in total. The van der Waals surface area contributed by atoms with E-state index < -0.39 is 0 Å². The summed E-state index contributed by atoms with van der Waals surface area (Å²) in [7, 11) is 1.64. The zero-order valence-electron chi connectivity index (χ0n) is 16.3. The number of rotatable bonds is 6. The summed E-state index contributed by atoms with van der Waals surface area (Å²) in [5.74, 6) is 1.92. The normalized spacial score (nSPS) is 23.1. The summed E-state index contributed by atoms with van der Waals surface area (Å²) in [5, 5.41) is 3.98. The van der Waals surface area contributed by atoms with Crippen LogP contribution in [0.25, 0.3) is 0 Å². The van der Waals surface area contributed by atoms with Gasteiger partial charge in [-0.1, -0.05) is 5.16 Å². The van der Waals surface area contributed by atoms with Crippen LogP contribution in [0.1, 0.15) is 47.2 Å². The third-order valence-electron chi connectivity index (χ3n) is 5.78. The SMILES string of the molecule is COCc1noc(CC2CCOC3(CCN(Cc4ccc(C)s4)CC3)C2)n1. The highest BCUT2D eigenvalue weighted by Crippen LogP contribution is 2.39. The van der Waals surface area contributed by atoms with Crippen molar-refractivity contribution < 1.29 is 14.0 Å². The van der Waals surface area contributed by atoms with E-state index in [-0.39, 0.29) is 5.60 Å². The summed E-state index contributed by atoms with van der Waals surface area (Å²) in [5.41, 5.74) is 0.0418. The number of thiophene rings is 1. The Morgan fingerprint density at radius 3 is 2.93 bits per heavy atom. The number of hydrogen-bond acceptors (Lipinski definition) is 7. The molecule has 7 heteroatoms. The molecule has 1 unspecified atom stereocenters. The first-order chi connectivity index (χ1) is 13.1. The summed E-state index contributed by atoms with van der Waals surface area (Å²) < 4.78 is 16.8. The van der Waals surface area contributed by atoms with Gasteiger partial charge in [0.25, 0.3) is 0 Å². The summed E-state index contributed by atoms with van der Waals surface area (Å²) in [4.78, 5) is 9.87. The highest BCUT2D eigenvalue weighted by Gasteiger charge is 2.40. The smallest absolute Gasteiger partial charge is 0.227 e. The molecule has 1 spiro atoms. The molecule has 2 aromatic heterocycles. The van der Waals surface area contributed by atoms with E-state index in [2.05, 4.69) is 34.1 Å². The van der Waals surface area contributed by atoms with Crippen LogP contribution in [0.4, 0.5) is 0 Å². The van der Waals surface area contributed by atoms with E-state index in [0.717, 1.165) is 64.2 Å². The second kappa shape index (κ2) is 8.39. The van der Waals surface area contributed by atoms with Crippen LogP contribution < -0.4 is 0 Å². The zero-order valence-corrected chi connectivity index (χ0v) is 17.1. The van der Waals surface area contributed by atoms with E-state index >= 15 is 0 Å². The Hall–Kier alpha value is -1.28. The topological polar surface area (TPSA) is 60.6 Å². The molecule has 148 valence electrons. The van der Waals surface area contributed by atoms with Gasteiger partial charge in [-0.25, -0.2) is 0 Å². The van der Waals surface area contributed by atoms with Gasteiger partial charge in [0.2, 0.25) is 5.89 Å². The van der Waals surface area contributed by atoms with Gasteiger partial charge in [0, 0.05) is 49.5 Å². The van der Waals surface area contributed by atoms with Gasteiger partial charge < -0.3 is 14.0 Å². The minimum atomic E-state index is 0.0418. The minimum Gasteiger partial charge on any atom is -0.377 e. The fourth-order valence-electron chi connectivity index (χ4n) is 4.37. The third kappa shape index (κ3) is 4.77. The summed E-state index contributed by atoms with van der Waals surface area (Å²) >= 11 is 1.91. The van der Waals surface area contributed by atoms with Crippen molar-refractivity contribution in [1.29, 1.82) is 0 Å². The fourth-order valence-corrected chi connectivity index (χ4v) is 5.30. The molecule has 4 heterocycles. The second-order valence-corrected chi connectivity index (χ2v) is 9.29. The van der Waals surface area contributed by atoms with E-state index in [9.17, 15) is 0 Å². The summed E-state index contributed by atoms with van der Waals surface area (Å²) in [6, 6.07) is 4.48. The molecule has 0 N–H and O–H groups in total. The van der Waals surface area contributed by atoms with E-state index in [1.165, 1.54) is 9.75 Å². The zero-order chi connectivity index (χ0) is 18.7. The van der Waals surface area contributed by atoms with E-state index in [0.29, 0.717) is 18.3 Å². The van der Waals surface area contributed by atoms with Crippen molar-refractivity contribution in [3.8, 4) is 0 Å². The number of ether oxygens (including phenoxy) is 2. The number of nitrogens with zero attached hydrogens (tertiary/aromatic N) is 3. The van der Waals surface area contributed by atoms with Crippen LogP contribution >= 0.6 is 11.3 Å². The van der Waals surface area contributed by atoms with Crippen LogP contribution in [-0.2, 0) is 29.0 Å². The number of likely N-dealkylation sites (tertiary alicyclic amines) is 1. The molecule has 0 aliphatic carbocycles. The lowest BCUT2D eigenvalue weighted by atomic mass is 9.78. The largest absolute Gasteiger partial charge is 0.377 e. The van der Waals surface area contributed by atoms with E-state index in [1.807, 2.05) is 11.3 Å². The van der Waals surface area contributed by atoms with Gasteiger partial charge in [-0.15, -0.1) is 11.3 Å². The average Bonchev–Trinajstić information content (AvgIpc) is 3.27. The van der Waals surface area contributed by atoms with E-state index in [1.54, 1.807) is 7.11 Å². The second-order valence-electron chi connectivity index (χ2n) is 7.92. The van der Waals surface area contributed by atoms with Crippen molar-refractivity contribution in [1.82, 2.24) is 15.0 Å². The maximum absolute atomic E-state index is 6.31. The molecule has 2 aromatic rings. The number of methoxy groups -OCH3 is 1. The van der Waals surface area contributed by atoms with Gasteiger partial charge in [-0.2, -0.15) is 4.98 Å². The van der Waals surface area contributed by atoms with Gasteiger partial charge in [0.15, 0.2) is 5.82 Å². The Kier molecular flexibility index (Phi) is 5.92. The predicted octanol–water partition coefficient (Wildman–Crippen LogP) is 3.59. The van der Waals surface area contributed by atoms with Gasteiger partial charge in [-0.3, -0.25) is 4.90 Å². The first-order valence-corrected chi connectivity index (χ1v) is 10.7. The molecule has 0 aromatic carbocycles. The van der Waals surface area contributed by atoms with Crippen molar-refractivity contribution in [2.24, 2.45) is 5.92 Å². The highest BCUT2D eigenvalue weighted by atomic mass is 32.1. The average molecular weight is 392 g/mol. The quantitative estimate of drug-likeness (QED) is 0.750. The van der Waals surface area contributed by atoms with Gasteiger partial charge in [0.1, 0.15) is 6.61 Å². The lowest BCUT2D eigenvalue weighted by molar-refractivity contribution is -0.128. The third-order valence-corrected chi connectivity index (χ3v) is 6.77. The van der Waals surface area contributed by atoms with Gasteiger partial charge in [-0.05, 0) is 50.7 Å². The van der Waals surface area contributed by atoms with Crippen LogP contribution in [0, 0.1) is 12.8 Å². The van der Waals surface area contributed by atoms with Gasteiger partial charge >= 0.3 is 0 Å². The molecular weight excluding hydrogens is 362 g/mol. The van der Waals surface area contributed by atoms with Crippen molar-refractivity contribution in [2.75, 3.05) is 26.8 Å². The Morgan fingerprint density at radius 2 is 2.19 bits per heavy atom. The first kappa shape index (κ1) is 19.1. The number of hydrogen-bond donors (Lipinski definition) is 0. The lowest BCUT2D eigenvalue weighted by Crippen LogP contribution is -2.49. The Balaban J connectivity index is 1.30. The van der Waals surface area contributed by atoms with Crippen molar-refractivity contribution in [2.45, 2.75) is 57.8 Å². The monoisotopic (exact) mass is 391 g/mol. The molecule has 2 fully saturated rings. The Morgan fingerprint density at radius 1 is 1.33 bits per heavy atom. The number of aryl methyl sites for hydroxylation is 1. The molecule has 0 saturated carbocycles. The minimum absolute atomic E-state index is 0.0418. The summed E-state index contributed by atoms with van der Waals surface area (Å²) in [6.45, 7) is 6.72. The number of aromatic nitrogens is 2. The van der Waals surface area contributed by atoms with Crippen LogP contribution in [0.15, 0.2) is 16.7 Å². The van der Waals surface area contributed by atoms with Gasteiger partial charge in [0.05, 0.1) is 5.60 Å². The number of piperidine rings is 1. The standard InChI is InChI=1S/C20H29N3O3S/c1-15-3-4-17(27-15)13-23-8-6-20(7-9-23)12-16(5-10-25-20)11-19-21-18(14-24-2)22-26-19/h3-4,16H,5-14H2,1-2H3. The molecule has 2 aliphatic heterocycles. The molecule has 1 atom stereocenters. The van der Waals surface area contributed by atoms with Crippen molar-refractivity contribution in [3.05, 3.63) is 33.6 Å². The molecule has 0 amide bonds. The Labute approximate surface area is 164 Å². The highest BCUT2D eigenvalue weighted by molar-refractivity contribution is 7.11. The maximum atomic E-state index is 6.31. The van der Waals surface area contributed by atoms with Crippen LogP contribution in [-0.4, -0.2) is 47.4 Å². The molecule has 0 bridgehead atoms. The summed E-state index contributed by atoms with van der Waals surface area (Å²) in [6.07, 6.45) is 5.25. The molecule has 4 rings (SSSR count). The van der Waals surface area contributed by atoms with E-state index in [4.69, 9.17) is 14.0 Å². The molecule has 2 aliphatic rings. The first-order valence-electron chi connectivity index (χ1n) is 9.86. The van der Waals surface area contributed by atoms with Crippen LogP contribution in [0.3, 0.4) is 0 Å². The fraction of sp³-hybridized carbons (Fsp3) is 0.700. The van der Waals surface area contributed by atoms with Crippen LogP contribution in [0.5, 0.6) is 0 Å². The van der Waals surface area contributed by atoms with Crippen LogP contribution in [0.2, 0.25) is 0 Å². The predicted molar refractivity (Wildman–Crippen MR) is 104 cm³/mol. The Bertz CT molecular complexity index is 736.